The Hall–Kier alpha value is -2.67. The number of aromatic nitrogens is 1. The Morgan fingerprint density at radius 1 is 1.15 bits per heavy atom. The normalized spacial score (nSPS) is 10.2. The standard InChI is InChI=1S/C18H17Cl2N5O/c1-11-8-12(25(6-4-19)7-5-20)2-3-13(11)16-14(9-21)17(23)24-18(26)15(16)10-22/h2-3,8H,4-7H2,1H3,(H3,23,24,26). The van der Waals surface area contributed by atoms with Crippen LogP contribution in [-0.4, -0.2) is 29.8 Å². The summed E-state index contributed by atoms with van der Waals surface area (Å²) in [4.78, 5) is 16.5. The van der Waals surface area contributed by atoms with Gasteiger partial charge in [-0.2, -0.15) is 10.5 Å². The molecule has 6 nitrogen and oxygen atoms in total. The number of nitrogen functional groups attached to an aromatic ring is 1. The number of nitrogens with one attached hydrogen (secondary N) is 1. The van der Waals surface area contributed by atoms with E-state index in [2.05, 4.69) is 4.98 Å². The highest BCUT2D eigenvalue weighted by atomic mass is 35.5. The van der Waals surface area contributed by atoms with Crippen molar-refractivity contribution in [1.82, 2.24) is 4.98 Å². The minimum atomic E-state index is -0.617. The van der Waals surface area contributed by atoms with Crippen LogP contribution in [0.1, 0.15) is 16.7 Å². The summed E-state index contributed by atoms with van der Waals surface area (Å²) in [5, 5.41) is 18.8. The topological polar surface area (TPSA) is 110 Å². The number of anilines is 2. The maximum atomic E-state index is 12.1. The third-order valence-corrected chi connectivity index (χ3v) is 4.36. The zero-order valence-corrected chi connectivity index (χ0v) is 15.7. The lowest BCUT2D eigenvalue weighted by atomic mass is 9.93. The molecule has 1 heterocycles. The van der Waals surface area contributed by atoms with Crippen LogP contribution in [0.25, 0.3) is 11.1 Å². The molecule has 0 fully saturated rings. The Morgan fingerprint density at radius 3 is 2.27 bits per heavy atom. The highest BCUT2D eigenvalue weighted by Gasteiger charge is 2.20. The van der Waals surface area contributed by atoms with E-state index in [0.717, 1.165) is 11.3 Å². The van der Waals surface area contributed by atoms with Gasteiger partial charge in [-0.05, 0) is 30.2 Å². The van der Waals surface area contributed by atoms with Crippen LogP contribution in [0.15, 0.2) is 23.0 Å². The van der Waals surface area contributed by atoms with Gasteiger partial charge >= 0.3 is 0 Å². The quantitative estimate of drug-likeness (QED) is 0.737. The van der Waals surface area contributed by atoms with E-state index in [-0.39, 0.29) is 22.5 Å². The number of nitrogens with zero attached hydrogens (tertiary/aromatic N) is 3. The molecule has 2 aromatic rings. The zero-order valence-electron chi connectivity index (χ0n) is 14.1. The first-order valence-corrected chi connectivity index (χ1v) is 8.89. The second kappa shape index (κ2) is 8.62. The fourth-order valence-corrected chi connectivity index (χ4v) is 3.22. The van der Waals surface area contributed by atoms with Crippen LogP contribution in [-0.2, 0) is 0 Å². The van der Waals surface area contributed by atoms with Crippen molar-refractivity contribution in [3.63, 3.8) is 0 Å². The Balaban J connectivity index is 2.67. The number of nitriles is 2. The molecular weight excluding hydrogens is 373 g/mol. The van der Waals surface area contributed by atoms with Gasteiger partial charge in [0.15, 0.2) is 0 Å². The lowest BCUT2D eigenvalue weighted by Gasteiger charge is -2.24. The van der Waals surface area contributed by atoms with E-state index in [4.69, 9.17) is 28.9 Å². The molecule has 0 radical (unpaired) electrons. The largest absolute Gasteiger partial charge is 0.384 e. The molecule has 0 atom stereocenters. The number of alkyl halides is 2. The molecule has 134 valence electrons. The minimum Gasteiger partial charge on any atom is -0.384 e. The molecular formula is C18H17Cl2N5O. The van der Waals surface area contributed by atoms with Gasteiger partial charge in [0.05, 0.1) is 0 Å². The zero-order chi connectivity index (χ0) is 19.3. The Morgan fingerprint density at radius 2 is 1.77 bits per heavy atom. The van der Waals surface area contributed by atoms with Gasteiger partial charge in [0, 0.05) is 36.1 Å². The van der Waals surface area contributed by atoms with Gasteiger partial charge in [-0.3, -0.25) is 4.79 Å². The molecule has 0 aliphatic carbocycles. The van der Waals surface area contributed by atoms with E-state index in [9.17, 15) is 15.3 Å². The Kier molecular flexibility index (Phi) is 6.52. The van der Waals surface area contributed by atoms with Crippen LogP contribution in [0.2, 0.25) is 0 Å². The second-order valence-electron chi connectivity index (χ2n) is 5.58. The van der Waals surface area contributed by atoms with Gasteiger partial charge in [-0.25, -0.2) is 0 Å². The van der Waals surface area contributed by atoms with Crippen molar-refractivity contribution in [2.45, 2.75) is 6.92 Å². The molecule has 0 aliphatic rings. The molecule has 8 heteroatoms. The highest BCUT2D eigenvalue weighted by molar-refractivity contribution is 6.18. The summed E-state index contributed by atoms with van der Waals surface area (Å²) >= 11 is 11.7. The van der Waals surface area contributed by atoms with Gasteiger partial charge in [0.1, 0.15) is 29.1 Å². The molecule has 1 aromatic heterocycles. The molecule has 26 heavy (non-hydrogen) atoms. The molecule has 1 aromatic carbocycles. The van der Waals surface area contributed by atoms with E-state index in [1.54, 1.807) is 6.07 Å². The number of hydrogen-bond acceptors (Lipinski definition) is 5. The Bertz CT molecular complexity index is 950. The number of aryl methyl sites for hydroxylation is 1. The third-order valence-electron chi connectivity index (χ3n) is 4.02. The van der Waals surface area contributed by atoms with Crippen molar-refractivity contribution >= 4 is 34.7 Å². The van der Waals surface area contributed by atoms with Crippen LogP contribution in [0.4, 0.5) is 11.5 Å². The number of nitrogens with two attached hydrogens (primary N) is 1. The Labute approximate surface area is 161 Å². The number of halogens is 2. The number of rotatable bonds is 6. The molecule has 0 aliphatic heterocycles. The van der Waals surface area contributed by atoms with E-state index in [1.165, 1.54) is 0 Å². The van der Waals surface area contributed by atoms with Crippen LogP contribution < -0.4 is 16.2 Å². The van der Waals surface area contributed by atoms with Gasteiger partial charge < -0.3 is 15.6 Å². The first-order chi connectivity index (χ1) is 12.5. The predicted molar refractivity (Wildman–Crippen MR) is 105 cm³/mol. The molecule has 0 saturated carbocycles. The predicted octanol–water partition coefficient (Wildman–Crippen LogP) is 2.96. The monoisotopic (exact) mass is 389 g/mol. The number of H-pyrrole nitrogens is 1. The maximum Gasteiger partial charge on any atom is 0.268 e. The fourth-order valence-electron chi connectivity index (χ4n) is 2.81. The van der Waals surface area contributed by atoms with Crippen molar-refractivity contribution in [2.24, 2.45) is 0 Å². The van der Waals surface area contributed by atoms with E-state index >= 15 is 0 Å². The van der Waals surface area contributed by atoms with Crippen LogP contribution >= 0.6 is 23.2 Å². The summed E-state index contributed by atoms with van der Waals surface area (Å²) in [6.45, 7) is 3.12. The average Bonchev–Trinajstić information content (AvgIpc) is 2.61. The summed E-state index contributed by atoms with van der Waals surface area (Å²) in [7, 11) is 0. The first kappa shape index (κ1) is 19.7. The SMILES string of the molecule is Cc1cc(N(CCCl)CCCl)ccc1-c1c(C#N)c(N)[nH]c(=O)c1C#N. The van der Waals surface area contributed by atoms with Crippen molar-refractivity contribution in [2.75, 3.05) is 35.5 Å². The maximum absolute atomic E-state index is 12.1. The highest BCUT2D eigenvalue weighted by Crippen LogP contribution is 2.32. The van der Waals surface area contributed by atoms with Crippen LogP contribution in [0.3, 0.4) is 0 Å². The molecule has 0 unspecified atom stereocenters. The van der Waals surface area contributed by atoms with Crippen LogP contribution in [0, 0.1) is 29.6 Å². The van der Waals surface area contributed by atoms with Crippen LogP contribution in [0.5, 0.6) is 0 Å². The van der Waals surface area contributed by atoms with E-state index < -0.39 is 5.56 Å². The minimum absolute atomic E-state index is 0.0547. The number of hydrogen-bond donors (Lipinski definition) is 2. The van der Waals surface area contributed by atoms with Gasteiger partial charge in [-0.15, -0.1) is 23.2 Å². The molecule has 0 amide bonds. The van der Waals surface area contributed by atoms with Crippen molar-refractivity contribution in [3.05, 3.63) is 45.2 Å². The van der Waals surface area contributed by atoms with Gasteiger partial charge in [-0.1, -0.05) is 6.07 Å². The number of aromatic amines is 1. The summed E-state index contributed by atoms with van der Waals surface area (Å²) in [5.74, 6) is 0.861. The fraction of sp³-hybridized carbons (Fsp3) is 0.278. The smallest absolute Gasteiger partial charge is 0.268 e. The van der Waals surface area contributed by atoms with Gasteiger partial charge in [0.2, 0.25) is 0 Å². The lowest BCUT2D eigenvalue weighted by molar-refractivity contribution is 0.873. The van der Waals surface area contributed by atoms with Crippen molar-refractivity contribution in [1.29, 1.82) is 10.5 Å². The summed E-state index contributed by atoms with van der Waals surface area (Å²) in [6.07, 6.45) is 0. The summed E-state index contributed by atoms with van der Waals surface area (Å²) in [5.41, 5.74) is 7.68. The molecule has 0 bridgehead atoms. The molecule has 0 spiro atoms. The van der Waals surface area contributed by atoms with E-state index in [1.807, 2.05) is 36.1 Å². The number of pyridine rings is 1. The van der Waals surface area contributed by atoms with Crippen molar-refractivity contribution in [3.8, 4) is 23.3 Å². The summed E-state index contributed by atoms with van der Waals surface area (Å²) < 4.78 is 0. The lowest BCUT2D eigenvalue weighted by Crippen LogP contribution is -2.27. The first-order valence-electron chi connectivity index (χ1n) is 7.82. The average molecular weight is 390 g/mol. The second-order valence-corrected chi connectivity index (χ2v) is 6.34. The number of benzene rings is 1. The van der Waals surface area contributed by atoms with Gasteiger partial charge in [0.25, 0.3) is 5.56 Å². The molecule has 2 rings (SSSR count). The third kappa shape index (κ3) is 3.77. The van der Waals surface area contributed by atoms with Crippen molar-refractivity contribution < 1.29 is 0 Å². The summed E-state index contributed by atoms with van der Waals surface area (Å²) in [6, 6.07) is 9.38. The van der Waals surface area contributed by atoms with E-state index in [0.29, 0.717) is 30.4 Å². The molecule has 3 N–H and O–H groups in total. The molecule has 0 saturated heterocycles.